The van der Waals surface area contributed by atoms with Gasteiger partial charge in [-0.1, -0.05) is 35.5 Å². The molecule has 0 saturated carbocycles. The number of carboxylic acid groups (broad SMARTS) is 1. The summed E-state index contributed by atoms with van der Waals surface area (Å²) in [6.07, 6.45) is 1.21. The number of nitrogens with one attached hydrogen (secondary N) is 1. The molecule has 1 aromatic rings. The number of hydrazone groups is 1. The van der Waals surface area contributed by atoms with E-state index < -0.39 is 17.1 Å². The molecule has 1 heterocycles. The SMILES string of the molecule is C=CCN1C(=O)[C@@H](CC(=O)O)S/C1=N/NC(=O)c1ccc(C)cc1. The number of aliphatic carboxylic acids is 1. The van der Waals surface area contributed by atoms with Crippen molar-refractivity contribution in [1.82, 2.24) is 10.3 Å². The lowest BCUT2D eigenvalue weighted by Crippen LogP contribution is -2.34. The molecule has 0 spiro atoms. The van der Waals surface area contributed by atoms with Gasteiger partial charge in [0, 0.05) is 12.1 Å². The molecule has 1 fully saturated rings. The van der Waals surface area contributed by atoms with Crippen LogP contribution in [0.15, 0.2) is 42.0 Å². The Labute approximate surface area is 143 Å². The average Bonchev–Trinajstić information content (AvgIpc) is 2.82. The molecule has 1 aliphatic heterocycles. The zero-order chi connectivity index (χ0) is 17.7. The van der Waals surface area contributed by atoms with Gasteiger partial charge >= 0.3 is 5.97 Å². The number of hydrogen-bond donors (Lipinski definition) is 2. The fourth-order valence-corrected chi connectivity index (χ4v) is 3.15. The molecule has 7 nitrogen and oxygen atoms in total. The summed E-state index contributed by atoms with van der Waals surface area (Å²) >= 11 is 1.02. The van der Waals surface area contributed by atoms with Crippen LogP contribution in [-0.2, 0) is 9.59 Å². The highest BCUT2D eigenvalue weighted by atomic mass is 32.2. The number of amides is 2. The van der Waals surface area contributed by atoms with Crippen molar-refractivity contribution in [2.45, 2.75) is 18.6 Å². The maximum atomic E-state index is 12.2. The second-order valence-electron chi connectivity index (χ2n) is 5.14. The standard InChI is InChI=1S/C16H17N3O4S/c1-3-8-19-15(23)12(9-13(20)21)24-16(19)18-17-14(22)11-6-4-10(2)5-7-11/h3-7,12H,1,8-9H2,2H3,(H,17,22)(H,20,21)/b18-16+/t12-/m1/s1. The van der Waals surface area contributed by atoms with Crippen LogP contribution in [0.25, 0.3) is 0 Å². The highest BCUT2D eigenvalue weighted by molar-refractivity contribution is 8.15. The van der Waals surface area contributed by atoms with Crippen LogP contribution in [0.4, 0.5) is 0 Å². The number of rotatable bonds is 6. The fourth-order valence-electron chi connectivity index (χ4n) is 2.05. The van der Waals surface area contributed by atoms with Crippen LogP contribution in [-0.4, -0.2) is 44.8 Å². The molecule has 2 rings (SSSR count). The number of carbonyl (C=O) groups is 3. The molecule has 2 N–H and O–H groups in total. The maximum absolute atomic E-state index is 12.2. The van der Waals surface area contributed by atoms with E-state index in [-0.39, 0.29) is 24.0 Å². The minimum Gasteiger partial charge on any atom is -0.481 e. The topological polar surface area (TPSA) is 99.1 Å². The quantitative estimate of drug-likeness (QED) is 0.601. The van der Waals surface area contributed by atoms with Crippen molar-refractivity contribution in [2.75, 3.05) is 6.54 Å². The van der Waals surface area contributed by atoms with Gasteiger partial charge < -0.3 is 5.11 Å². The monoisotopic (exact) mass is 347 g/mol. The third-order valence-electron chi connectivity index (χ3n) is 3.26. The van der Waals surface area contributed by atoms with Crippen LogP contribution >= 0.6 is 11.8 Å². The second kappa shape index (κ2) is 7.78. The zero-order valence-electron chi connectivity index (χ0n) is 13.1. The van der Waals surface area contributed by atoms with Gasteiger partial charge in [0.15, 0.2) is 5.17 Å². The van der Waals surface area contributed by atoms with Crippen molar-refractivity contribution < 1.29 is 19.5 Å². The fraction of sp³-hybridized carbons (Fsp3) is 0.250. The Kier molecular flexibility index (Phi) is 5.75. The Morgan fingerprint density at radius 3 is 2.67 bits per heavy atom. The lowest BCUT2D eigenvalue weighted by molar-refractivity contribution is -0.139. The predicted octanol–water partition coefficient (Wildman–Crippen LogP) is 1.60. The first kappa shape index (κ1) is 17.7. The summed E-state index contributed by atoms with van der Waals surface area (Å²) in [7, 11) is 0. The van der Waals surface area contributed by atoms with Gasteiger partial charge in [-0.3, -0.25) is 19.3 Å². The van der Waals surface area contributed by atoms with E-state index in [1.807, 2.05) is 19.1 Å². The van der Waals surface area contributed by atoms with E-state index in [4.69, 9.17) is 5.11 Å². The van der Waals surface area contributed by atoms with Crippen LogP contribution in [0.3, 0.4) is 0 Å². The first-order valence-corrected chi connectivity index (χ1v) is 8.05. The molecule has 0 bridgehead atoms. The number of benzene rings is 1. The van der Waals surface area contributed by atoms with Crippen LogP contribution in [0.5, 0.6) is 0 Å². The number of amidine groups is 1. The van der Waals surface area contributed by atoms with Crippen LogP contribution in [0.2, 0.25) is 0 Å². The summed E-state index contributed by atoms with van der Waals surface area (Å²) in [6, 6.07) is 6.96. The maximum Gasteiger partial charge on any atom is 0.305 e. The first-order valence-electron chi connectivity index (χ1n) is 7.17. The predicted molar refractivity (Wildman–Crippen MR) is 91.6 cm³/mol. The van der Waals surface area contributed by atoms with Crippen molar-refractivity contribution in [3.8, 4) is 0 Å². The summed E-state index contributed by atoms with van der Waals surface area (Å²) in [5, 5.41) is 12.3. The molecule has 2 amide bonds. The van der Waals surface area contributed by atoms with Gasteiger partial charge in [0.25, 0.3) is 5.91 Å². The van der Waals surface area contributed by atoms with Gasteiger partial charge in [-0.2, -0.15) is 0 Å². The molecule has 0 aromatic heterocycles. The Hall–Kier alpha value is -2.61. The molecular weight excluding hydrogens is 330 g/mol. The van der Waals surface area contributed by atoms with Crippen molar-refractivity contribution >= 4 is 34.7 Å². The Morgan fingerprint density at radius 1 is 1.42 bits per heavy atom. The molecule has 1 saturated heterocycles. The molecular formula is C16H17N3O4S. The van der Waals surface area contributed by atoms with Crippen molar-refractivity contribution in [3.05, 3.63) is 48.0 Å². The van der Waals surface area contributed by atoms with Crippen molar-refractivity contribution in [1.29, 1.82) is 0 Å². The van der Waals surface area contributed by atoms with E-state index >= 15 is 0 Å². The number of thioether (sulfide) groups is 1. The Bertz CT molecular complexity index is 700. The molecule has 126 valence electrons. The van der Waals surface area contributed by atoms with E-state index in [0.717, 1.165) is 17.3 Å². The van der Waals surface area contributed by atoms with Gasteiger partial charge in [-0.25, -0.2) is 5.43 Å². The van der Waals surface area contributed by atoms with E-state index in [9.17, 15) is 14.4 Å². The highest BCUT2D eigenvalue weighted by Crippen LogP contribution is 2.29. The molecule has 1 atom stereocenters. The van der Waals surface area contributed by atoms with Crippen molar-refractivity contribution in [2.24, 2.45) is 5.10 Å². The van der Waals surface area contributed by atoms with Gasteiger partial charge in [0.1, 0.15) is 5.25 Å². The van der Waals surface area contributed by atoms with E-state index in [1.54, 1.807) is 12.1 Å². The molecule has 1 aromatic carbocycles. The number of aryl methyl sites for hydroxylation is 1. The second-order valence-corrected chi connectivity index (χ2v) is 6.31. The molecule has 24 heavy (non-hydrogen) atoms. The Morgan fingerprint density at radius 2 is 2.08 bits per heavy atom. The van der Waals surface area contributed by atoms with E-state index in [1.165, 1.54) is 11.0 Å². The van der Waals surface area contributed by atoms with Gasteiger partial charge in [0.2, 0.25) is 5.91 Å². The summed E-state index contributed by atoms with van der Waals surface area (Å²) < 4.78 is 0. The smallest absolute Gasteiger partial charge is 0.305 e. The summed E-state index contributed by atoms with van der Waals surface area (Å²) in [5.74, 6) is -1.83. The van der Waals surface area contributed by atoms with Gasteiger partial charge in [-0.15, -0.1) is 11.7 Å². The molecule has 8 heteroatoms. The lowest BCUT2D eigenvalue weighted by atomic mass is 10.1. The lowest BCUT2D eigenvalue weighted by Gasteiger charge is -2.13. The largest absolute Gasteiger partial charge is 0.481 e. The zero-order valence-corrected chi connectivity index (χ0v) is 13.9. The summed E-state index contributed by atoms with van der Waals surface area (Å²) in [4.78, 5) is 36.4. The normalized spacial score (nSPS) is 18.7. The number of nitrogens with zero attached hydrogens (tertiary/aromatic N) is 2. The van der Waals surface area contributed by atoms with Gasteiger partial charge in [0.05, 0.1) is 6.42 Å². The minimum absolute atomic E-state index is 0.196. The van der Waals surface area contributed by atoms with Crippen LogP contribution in [0.1, 0.15) is 22.3 Å². The molecule has 0 radical (unpaired) electrons. The highest BCUT2D eigenvalue weighted by Gasteiger charge is 2.38. The number of carbonyl (C=O) groups excluding carboxylic acids is 2. The first-order chi connectivity index (χ1) is 11.4. The minimum atomic E-state index is -1.07. The number of hydrogen-bond acceptors (Lipinski definition) is 5. The Balaban J connectivity index is 2.12. The van der Waals surface area contributed by atoms with Crippen LogP contribution < -0.4 is 5.43 Å². The summed E-state index contributed by atoms with van der Waals surface area (Å²) in [5.41, 5.74) is 3.87. The number of carboxylic acids is 1. The third kappa shape index (κ3) is 4.23. The van der Waals surface area contributed by atoms with Gasteiger partial charge in [-0.05, 0) is 19.1 Å². The van der Waals surface area contributed by atoms with E-state index in [0.29, 0.717) is 5.56 Å². The van der Waals surface area contributed by atoms with Crippen molar-refractivity contribution in [3.63, 3.8) is 0 Å². The summed E-state index contributed by atoms with van der Waals surface area (Å²) in [6.45, 7) is 5.68. The molecule has 1 aliphatic rings. The molecule has 0 aliphatic carbocycles. The van der Waals surface area contributed by atoms with E-state index in [2.05, 4.69) is 17.1 Å². The third-order valence-corrected chi connectivity index (χ3v) is 4.43. The average molecular weight is 347 g/mol. The van der Waals surface area contributed by atoms with Crippen LogP contribution in [0, 0.1) is 6.92 Å². The molecule has 0 unspecified atom stereocenters.